The van der Waals surface area contributed by atoms with Crippen LogP contribution in [0.2, 0.25) is 0 Å². The third-order valence-electron chi connectivity index (χ3n) is 3.34. The van der Waals surface area contributed by atoms with E-state index in [9.17, 15) is 4.79 Å². The Kier molecular flexibility index (Phi) is 3.84. The molecule has 0 saturated heterocycles. The molecule has 0 spiro atoms. The van der Waals surface area contributed by atoms with Crippen LogP contribution in [0.4, 0.5) is 0 Å². The van der Waals surface area contributed by atoms with Gasteiger partial charge < -0.3 is 4.74 Å². The van der Waals surface area contributed by atoms with Crippen LogP contribution in [0.3, 0.4) is 0 Å². The molecule has 0 radical (unpaired) electrons. The molecule has 0 fully saturated rings. The van der Waals surface area contributed by atoms with Gasteiger partial charge in [0.05, 0.1) is 7.11 Å². The molecule has 2 aromatic carbocycles. The van der Waals surface area contributed by atoms with Crippen LogP contribution in [-0.2, 0) is 0 Å². The Hall–Kier alpha value is -2.39. The Morgan fingerprint density at radius 2 is 1.90 bits per heavy atom. The maximum atomic E-state index is 12.4. The number of ether oxygens (including phenoxy) is 1. The Bertz CT molecular complexity index is 801. The zero-order valence-electron chi connectivity index (χ0n) is 11.6. The van der Waals surface area contributed by atoms with Gasteiger partial charge >= 0.3 is 0 Å². The molecule has 0 aliphatic rings. The molecule has 2 nitrogen and oxygen atoms in total. The predicted octanol–water partition coefficient (Wildman–Crippen LogP) is 4.81. The minimum Gasteiger partial charge on any atom is -0.496 e. The van der Waals surface area contributed by atoms with Crippen molar-refractivity contribution in [2.45, 2.75) is 0 Å². The summed E-state index contributed by atoms with van der Waals surface area (Å²) in [6.07, 6.45) is 3.47. The standard InChI is InChI=1S/C18H14O2S/c1-20-18-9-7-15(14-4-2-3-5-16(14)18)17(19)8-6-13-10-11-21-12-13/h2-12H,1H3/b8-6+. The van der Waals surface area contributed by atoms with Gasteiger partial charge in [0.25, 0.3) is 0 Å². The van der Waals surface area contributed by atoms with E-state index in [1.165, 1.54) is 0 Å². The maximum Gasteiger partial charge on any atom is 0.186 e. The lowest BCUT2D eigenvalue weighted by Gasteiger charge is -2.08. The lowest BCUT2D eigenvalue weighted by molar-refractivity contribution is 0.104. The summed E-state index contributed by atoms with van der Waals surface area (Å²) >= 11 is 1.62. The van der Waals surface area contributed by atoms with Gasteiger partial charge in [-0.3, -0.25) is 4.79 Å². The summed E-state index contributed by atoms with van der Waals surface area (Å²) in [6, 6.07) is 13.4. The van der Waals surface area contributed by atoms with Crippen molar-refractivity contribution in [1.29, 1.82) is 0 Å². The minimum absolute atomic E-state index is 0.0000491. The third-order valence-corrected chi connectivity index (χ3v) is 4.04. The SMILES string of the molecule is COc1ccc(C(=O)/C=C/c2ccsc2)c2ccccc12. The summed E-state index contributed by atoms with van der Waals surface area (Å²) in [7, 11) is 1.64. The van der Waals surface area contributed by atoms with E-state index < -0.39 is 0 Å². The Morgan fingerprint density at radius 1 is 1.10 bits per heavy atom. The van der Waals surface area contributed by atoms with Gasteiger partial charge in [0, 0.05) is 10.9 Å². The number of hydrogen-bond donors (Lipinski definition) is 0. The van der Waals surface area contributed by atoms with Crippen molar-refractivity contribution in [2.75, 3.05) is 7.11 Å². The highest BCUT2D eigenvalue weighted by molar-refractivity contribution is 7.08. The molecule has 0 unspecified atom stereocenters. The van der Waals surface area contributed by atoms with Crippen molar-refractivity contribution in [3.8, 4) is 5.75 Å². The highest BCUT2D eigenvalue weighted by Gasteiger charge is 2.10. The van der Waals surface area contributed by atoms with Crippen LogP contribution in [0.5, 0.6) is 5.75 Å². The van der Waals surface area contributed by atoms with E-state index in [-0.39, 0.29) is 5.78 Å². The second kappa shape index (κ2) is 5.94. The molecule has 0 bridgehead atoms. The van der Waals surface area contributed by atoms with Gasteiger partial charge in [-0.2, -0.15) is 11.3 Å². The fourth-order valence-corrected chi connectivity index (χ4v) is 2.92. The van der Waals surface area contributed by atoms with E-state index in [1.54, 1.807) is 24.5 Å². The van der Waals surface area contributed by atoms with Crippen LogP contribution in [0, 0.1) is 0 Å². The number of thiophene rings is 1. The van der Waals surface area contributed by atoms with E-state index in [0.717, 1.165) is 22.1 Å². The topological polar surface area (TPSA) is 26.3 Å². The largest absolute Gasteiger partial charge is 0.496 e. The summed E-state index contributed by atoms with van der Waals surface area (Å²) in [5, 5.41) is 5.87. The average Bonchev–Trinajstić information content (AvgIpc) is 3.05. The van der Waals surface area contributed by atoms with Crippen molar-refractivity contribution in [3.05, 3.63) is 70.4 Å². The molecule has 0 saturated carbocycles. The zero-order chi connectivity index (χ0) is 14.7. The van der Waals surface area contributed by atoms with Crippen LogP contribution in [-0.4, -0.2) is 12.9 Å². The first kappa shape index (κ1) is 13.6. The van der Waals surface area contributed by atoms with E-state index in [4.69, 9.17) is 4.74 Å². The number of hydrogen-bond acceptors (Lipinski definition) is 3. The molecule has 3 aromatic rings. The minimum atomic E-state index is 0.0000491. The molecule has 1 heterocycles. The van der Waals surface area contributed by atoms with Crippen molar-refractivity contribution >= 4 is 34.0 Å². The summed E-state index contributed by atoms with van der Waals surface area (Å²) < 4.78 is 5.35. The molecule has 0 aliphatic carbocycles. The molecule has 104 valence electrons. The molecule has 0 aliphatic heterocycles. The molecule has 0 N–H and O–H groups in total. The van der Waals surface area contributed by atoms with Gasteiger partial charge in [-0.05, 0) is 46.0 Å². The van der Waals surface area contributed by atoms with Gasteiger partial charge in [-0.1, -0.05) is 30.3 Å². The van der Waals surface area contributed by atoms with Gasteiger partial charge in [0.2, 0.25) is 0 Å². The monoisotopic (exact) mass is 294 g/mol. The Balaban J connectivity index is 2.02. The Labute approximate surface area is 127 Å². The van der Waals surface area contributed by atoms with E-state index in [2.05, 4.69) is 0 Å². The lowest BCUT2D eigenvalue weighted by Crippen LogP contribution is -1.97. The first-order valence-corrected chi connectivity index (χ1v) is 7.54. The second-order valence-corrected chi connectivity index (χ2v) is 5.40. The van der Waals surface area contributed by atoms with Crippen LogP contribution >= 0.6 is 11.3 Å². The van der Waals surface area contributed by atoms with Crippen LogP contribution in [0.15, 0.2) is 59.3 Å². The number of fused-ring (bicyclic) bond motifs is 1. The number of ketones is 1. The molecule has 3 heteroatoms. The number of carbonyl (C=O) groups is 1. The molecular weight excluding hydrogens is 280 g/mol. The number of carbonyl (C=O) groups excluding carboxylic acids is 1. The van der Waals surface area contributed by atoms with Crippen molar-refractivity contribution in [2.24, 2.45) is 0 Å². The van der Waals surface area contributed by atoms with Crippen molar-refractivity contribution in [1.82, 2.24) is 0 Å². The van der Waals surface area contributed by atoms with E-state index in [1.807, 2.05) is 59.3 Å². The first-order chi connectivity index (χ1) is 10.3. The second-order valence-electron chi connectivity index (χ2n) is 4.62. The molecule has 3 rings (SSSR count). The third kappa shape index (κ3) is 2.73. The number of rotatable bonds is 4. The molecular formula is C18H14O2S. The molecule has 0 amide bonds. The summed E-state index contributed by atoms with van der Waals surface area (Å²) in [5.41, 5.74) is 1.74. The number of allylic oxidation sites excluding steroid dienone is 1. The van der Waals surface area contributed by atoms with Crippen LogP contribution in [0.1, 0.15) is 15.9 Å². The number of methoxy groups -OCH3 is 1. The van der Waals surface area contributed by atoms with Gasteiger partial charge in [0.15, 0.2) is 5.78 Å². The summed E-state index contributed by atoms with van der Waals surface area (Å²) in [5.74, 6) is 0.781. The highest BCUT2D eigenvalue weighted by Crippen LogP contribution is 2.28. The van der Waals surface area contributed by atoms with Gasteiger partial charge in [0.1, 0.15) is 5.75 Å². The van der Waals surface area contributed by atoms with Crippen molar-refractivity contribution < 1.29 is 9.53 Å². The van der Waals surface area contributed by atoms with Gasteiger partial charge in [-0.15, -0.1) is 0 Å². The fourth-order valence-electron chi connectivity index (χ4n) is 2.30. The fraction of sp³-hybridized carbons (Fsp3) is 0.0556. The van der Waals surface area contributed by atoms with Crippen LogP contribution < -0.4 is 4.74 Å². The van der Waals surface area contributed by atoms with E-state index in [0.29, 0.717) is 5.56 Å². The van der Waals surface area contributed by atoms with Crippen molar-refractivity contribution in [3.63, 3.8) is 0 Å². The zero-order valence-corrected chi connectivity index (χ0v) is 12.4. The average molecular weight is 294 g/mol. The number of benzene rings is 2. The smallest absolute Gasteiger partial charge is 0.186 e. The summed E-state index contributed by atoms with van der Waals surface area (Å²) in [6.45, 7) is 0. The normalized spacial score (nSPS) is 11.1. The van der Waals surface area contributed by atoms with Gasteiger partial charge in [-0.25, -0.2) is 0 Å². The van der Waals surface area contributed by atoms with Crippen LogP contribution in [0.25, 0.3) is 16.8 Å². The first-order valence-electron chi connectivity index (χ1n) is 6.60. The summed E-state index contributed by atoms with van der Waals surface area (Å²) in [4.78, 5) is 12.4. The predicted molar refractivity (Wildman–Crippen MR) is 88.2 cm³/mol. The maximum absolute atomic E-state index is 12.4. The van der Waals surface area contributed by atoms with E-state index >= 15 is 0 Å². The quantitative estimate of drug-likeness (QED) is 0.510. The lowest BCUT2D eigenvalue weighted by atomic mass is 10.00. The Morgan fingerprint density at radius 3 is 2.62 bits per heavy atom. The molecule has 0 atom stereocenters. The molecule has 1 aromatic heterocycles. The molecule has 21 heavy (non-hydrogen) atoms. The highest BCUT2D eigenvalue weighted by atomic mass is 32.1.